The van der Waals surface area contributed by atoms with Crippen LogP contribution in [0.2, 0.25) is 0 Å². The van der Waals surface area contributed by atoms with Crippen molar-refractivity contribution in [2.75, 3.05) is 18.0 Å². The van der Waals surface area contributed by atoms with Crippen LogP contribution >= 0.6 is 0 Å². The summed E-state index contributed by atoms with van der Waals surface area (Å²) in [5.41, 5.74) is 1.88. The highest BCUT2D eigenvalue weighted by molar-refractivity contribution is 5.95. The third-order valence-corrected chi connectivity index (χ3v) is 3.78. The summed E-state index contributed by atoms with van der Waals surface area (Å²) in [7, 11) is 0. The summed E-state index contributed by atoms with van der Waals surface area (Å²) in [6, 6.07) is 1.81. The Hall–Kier alpha value is -2.44. The van der Waals surface area contributed by atoms with E-state index in [0.717, 1.165) is 24.7 Å². The molecule has 1 aliphatic heterocycles. The van der Waals surface area contributed by atoms with Gasteiger partial charge in [0.05, 0.1) is 17.9 Å². The molecule has 1 amide bonds. The summed E-state index contributed by atoms with van der Waals surface area (Å²) in [5.74, 6) is 1.06. The molecule has 1 N–H and O–H groups in total. The highest BCUT2D eigenvalue weighted by atomic mass is 16.5. The molecule has 3 heterocycles. The molecule has 1 saturated heterocycles. The first-order valence-electron chi connectivity index (χ1n) is 7.43. The van der Waals surface area contributed by atoms with Crippen LogP contribution < -0.4 is 10.2 Å². The van der Waals surface area contributed by atoms with Gasteiger partial charge < -0.3 is 14.7 Å². The summed E-state index contributed by atoms with van der Waals surface area (Å²) in [5, 5.41) is 6.64. The number of amides is 1. The van der Waals surface area contributed by atoms with Crippen molar-refractivity contribution in [3.63, 3.8) is 0 Å². The fraction of sp³-hybridized carbons (Fsp3) is 0.467. The van der Waals surface area contributed by atoms with Gasteiger partial charge in [0.15, 0.2) is 0 Å². The summed E-state index contributed by atoms with van der Waals surface area (Å²) in [6.45, 7) is 5.82. The Labute approximate surface area is 128 Å². The van der Waals surface area contributed by atoms with Crippen molar-refractivity contribution < 1.29 is 9.32 Å². The largest absolute Gasteiger partial charge is 0.361 e. The first-order valence-corrected chi connectivity index (χ1v) is 7.43. The van der Waals surface area contributed by atoms with Gasteiger partial charge in [-0.05, 0) is 32.8 Å². The van der Waals surface area contributed by atoms with Gasteiger partial charge >= 0.3 is 0 Å². The Morgan fingerprint density at radius 2 is 2.14 bits per heavy atom. The van der Waals surface area contributed by atoms with Crippen molar-refractivity contribution in [1.29, 1.82) is 0 Å². The van der Waals surface area contributed by atoms with Gasteiger partial charge in [-0.15, -0.1) is 0 Å². The molecule has 7 nitrogen and oxygen atoms in total. The number of hydrogen-bond acceptors (Lipinski definition) is 6. The molecule has 116 valence electrons. The van der Waals surface area contributed by atoms with Crippen molar-refractivity contribution in [3.8, 4) is 0 Å². The van der Waals surface area contributed by atoms with Crippen LogP contribution in [-0.4, -0.2) is 34.1 Å². The van der Waals surface area contributed by atoms with Gasteiger partial charge in [-0.1, -0.05) is 5.16 Å². The predicted octanol–water partition coefficient (Wildman–Crippen LogP) is 1.61. The minimum absolute atomic E-state index is 0.197. The molecule has 2 aromatic heterocycles. The lowest BCUT2D eigenvalue weighted by molar-refractivity contribution is 0.0948. The lowest BCUT2D eigenvalue weighted by atomic mass is 10.2. The normalized spacial score (nSPS) is 14.4. The van der Waals surface area contributed by atoms with Crippen LogP contribution in [0.4, 0.5) is 5.95 Å². The number of hydrogen-bond donors (Lipinski definition) is 1. The van der Waals surface area contributed by atoms with E-state index in [-0.39, 0.29) is 5.91 Å². The SMILES string of the molecule is Cc1noc(C)c1C(=O)NCc1ccnc(N2CCCC2)n1. The van der Waals surface area contributed by atoms with E-state index >= 15 is 0 Å². The molecule has 0 aliphatic carbocycles. The molecular weight excluding hydrogens is 282 g/mol. The lowest BCUT2D eigenvalue weighted by Crippen LogP contribution is -2.25. The molecule has 2 aromatic rings. The maximum atomic E-state index is 12.2. The van der Waals surface area contributed by atoms with Crippen molar-refractivity contribution in [2.45, 2.75) is 33.2 Å². The van der Waals surface area contributed by atoms with Gasteiger partial charge in [0.1, 0.15) is 11.3 Å². The van der Waals surface area contributed by atoms with E-state index in [9.17, 15) is 4.79 Å². The molecule has 3 rings (SSSR count). The van der Waals surface area contributed by atoms with Crippen molar-refractivity contribution in [3.05, 3.63) is 35.0 Å². The van der Waals surface area contributed by atoms with Gasteiger partial charge in [-0.3, -0.25) is 4.79 Å². The van der Waals surface area contributed by atoms with E-state index in [2.05, 4.69) is 25.3 Å². The van der Waals surface area contributed by atoms with E-state index in [0.29, 0.717) is 23.6 Å². The molecule has 1 aliphatic rings. The average Bonchev–Trinajstić information content (AvgIpc) is 3.16. The smallest absolute Gasteiger partial charge is 0.257 e. The first-order chi connectivity index (χ1) is 10.6. The number of carbonyl (C=O) groups is 1. The fourth-order valence-corrected chi connectivity index (χ4v) is 2.62. The highest BCUT2D eigenvalue weighted by Crippen LogP contribution is 2.15. The Kier molecular flexibility index (Phi) is 4.04. The zero-order valence-corrected chi connectivity index (χ0v) is 12.8. The molecule has 0 spiro atoms. The predicted molar refractivity (Wildman–Crippen MR) is 80.6 cm³/mol. The maximum absolute atomic E-state index is 12.2. The zero-order valence-electron chi connectivity index (χ0n) is 12.8. The second-order valence-electron chi connectivity index (χ2n) is 5.42. The number of aryl methyl sites for hydroxylation is 2. The Morgan fingerprint density at radius 1 is 1.36 bits per heavy atom. The van der Waals surface area contributed by atoms with Crippen LogP contribution in [-0.2, 0) is 6.54 Å². The summed E-state index contributed by atoms with van der Waals surface area (Å²) in [4.78, 5) is 23.2. The Balaban J connectivity index is 1.66. The van der Waals surface area contributed by atoms with E-state index in [1.54, 1.807) is 20.0 Å². The summed E-state index contributed by atoms with van der Waals surface area (Å²) < 4.78 is 5.01. The van der Waals surface area contributed by atoms with E-state index in [1.807, 2.05) is 6.07 Å². The number of aromatic nitrogens is 3. The van der Waals surface area contributed by atoms with E-state index in [4.69, 9.17) is 4.52 Å². The molecule has 0 atom stereocenters. The quantitative estimate of drug-likeness (QED) is 0.923. The number of rotatable bonds is 4. The summed E-state index contributed by atoms with van der Waals surface area (Å²) >= 11 is 0. The minimum atomic E-state index is -0.197. The topological polar surface area (TPSA) is 84.2 Å². The van der Waals surface area contributed by atoms with Gasteiger partial charge in [0, 0.05) is 19.3 Å². The fourth-order valence-electron chi connectivity index (χ4n) is 2.62. The van der Waals surface area contributed by atoms with Crippen molar-refractivity contribution in [1.82, 2.24) is 20.4 Å². The van der Waals surface area contributed by atoms with Gasteiger partial charge in [0.25, 0.3) is 5.91 Å². The van der Waals surface area contributed by atoms with Gasteiger partial charge in [-0.25, -0.2) is 9.97 Å². The first kappa shape index (κ1) is 14.5. The lowest BCUT2D eigenvalue weighted by Gasteiger charge is -2.15. The number of anilines is 1. The van der Waals surface area contributed by atoms with Gasteiger partial charge in [0.2, 0.25) is 5.95 Å². The van der Waals surface area contributed by atoms with Crippen LogP contribution in [0.3, 0.4) is 0 Å². The molecule has 0 bridgehead atoms. The average molecular weight is 301 g/mol. The molecular formula is C15H19N5O2. The molecule has 22 heavy (non-hydrogen) atoms. The minimum Gasteiger partial charge on any atom is -0.361 e. The summed E-state index contributed by atoms with van der Waals surface area (Å²) in [6.07, 6.45) is 4.09. The second-order valence-corrected chi connectivity index (χ2v) is 5.42. The molecule has 0 radical (unpaired) electrons. The van der Waals surface area contributed by atoms with Crippen LogP contribution in [0.15, 0.2) is 16.8 Å². The monoisotopic (exact) mass is 301 g/mol. The number of nitrogens with one attached hydrogen (secondary N) is 1. The third-order valence-electron chi connectivity index (χ3n) is 3.78. The maximum Gasteiger partial charge on any atom is 0.257 e. The molecule has 7 heteroatoms. The Bertz CT molecular complexity index is 657. The molecule has 0 saturated carbocycles. The van der Waals surface area contributed by atoms with Crippen LogP contribution in [0.25, 0.3) is 0 Å². The number of nitrogens with zero attached hydrogens (tertiary/aromatic N) is 4. The molecule has 0 aromatic carbocycles. The molecule has 0 unspecified atom stereocenters. The van der Waals surface area contributed by atoms with Gasteiger partial charge in [-0.2, -0.15) is 0 Å². The van der Waals surface area contributed by atoms with Crippen LogP contribution in [0.1, 0.15) is 40.3 Å². The standard InChI is InChI=1S/C15H19N5O2/c1-10-13(11(2)22-19-10)14(21)17-9-12-5-6-16-15(18-12)20-7-3-4-8-20/h5-6H,3-4,7-9H2,1-2H3,(H,17,21). The van der Waals surface area contributed by atoms with Crippen molar-refractivity contribution in [2.24, 2.45) is 0 Å². The second kappa shape index (κ2) is 6.13. The van der Waals surface area contributed by atoms with E-state index in [1.165, 1.54) is 12.8 Å². The van der Waals surface area contributed by atoms with E-state index < -0.39 is 0 Å². The Morgan fingerprint density at radius 3 is 2.82 bits per heavy atom. The highest BCUT2D eigenvalue weighted by Gasteiger charge is 2.18. The number of carbonyl (C=O) groups excluding carboxylic acids is 1. The van der Waals surface area contributed by atoms with Crippen molar-refractivity contribution >= 4 is 11.9 Å². The third kappa shape index (κ3) is 2.93. The van der Waals surface area contributed by atoms with Crippen LogP contribution in [0, 0.1) is 13.8 Å². The molecule has 1 fully saturated rings. The zero-order chi connectivity index (χ0) is 15.5. The van der Waals surface area contributed by atoms with Crippen LogP contribution in [0.5, 0.6) is 0 Å².